The van der Waals surface area contributed by atoms with Crippen molar-refractivity contribution in [2.75, 3.05) is 6.54 Å². The lowest BCUT2D eigenvalue weighted by Gasteiger charge is -2.21. The van der Waals surface area contributed by atoms with Crippen LogP contribution in [0.15, 0.2) is 0 Å². The third-order valence-corrected chi connectivity index (χ3v) is 1.42. The summed E-state index contributed by atoms with van der Waals surface area (Å²) in [6.07, 6.45) is -0.472. The second-order valence-corrected chi connectivity index (χ2v) is 4.48. The molecule has 0 radical (unpaired) electrons. The molecule has 0 saturated heterocycles. The Bertz CT molecular complexity index is 233. The van der Waals surface area contributed by atoms with Crippen LogP contribution in [0.4, 0.5) is 4.79 Å². The van der Waals surface area contributed by atoms with Gasteiger partial charge in [0.25, 0.3) is 0 Å². The van der Waals surface area contributed by atoms with E-state index in [1.165, 1.54) is 6.92 Å². The maximum absolute atomic E-state index is 11.3. The van der Waals surface area contributed by atoms with E-state index in [1.807, 2.05) is 0 Å². The summed E-state index contributed by atoms with van der Waals surface area (Å²) in [6.45, 7) is 9.01. The van der Waals surface area contributed by atoms with Crippen molar-refractivity contribution in [1.29, 1.82) is 0 Å². The first-order valence-corrected chi connectivity index (χ1v) is 4.94. The van der Waals surface area contributed by atoms with Crippen LogP contribution in [-0.2, 0) is 9.53 Å². The lowest BCUT2D eigenvalue weighted by atomic mass is 10.2. The molecule has 1 unspecified atom stereocenters. The molecule has 0 rings (SSSR count). The van der Waals surface area contributed by atoms with Crippen LogP contribution < -0.4 is 10.6 Å². The third kappa shape index (κ3) is 9.05. The average Bonchev–Trinajstić information content (AvgIpc) is 1.96. The standard InChI is InChI=1S/C10H20N2O3/c1-7(6-11-8(2)13)12-9(14)15-10(3,4)5/h7H,6H2,1-5H3,(H,11,13)(H,12,14). The number of carbonyl (C=O) groups is 2. The molecule has 0 saturated carbocycles. The fraction of sp³-hybridized carbons (Fsp3) is 0.800. The van der Waals surface area contributed by atoms with Gasteiger partial charge < -0.3 is 15.4 Å². The fourth-order valence-electron chi connectivity index (χ4n) is 0.857. The molecule has 0 aromatic heterocycles. The highest BCUT2D eigenvalue weighted by Crippen LogP contribution is 2.06. The van der Waals surface area contributed by atoms with Gasteiger partial charge in [0.2, 0.25) is 5.91 Å². The van der Waals surface area contributed by atoms with Gasteiger partial charge in [-0.2, -0.15) is 0 Å². The molecule has 0 aromatic rings. The Hall–Kier alpha value is -1.26. The zero-order valence-corrected chi connectivity index (χ0v) is 10.0. The van der Waals surface area contributed by atoms with Gasteiger partial charge in [-0.05, 0) is 27.7 Å². The van der Waals surface area contributed by atoms with Gasteiger partial charge in [-0.25, -0.2) is 4.79 Å². The highest BCUT2D eigenvalue weighted by atomic mass is 16.6. The van der Waals surface area contributed by atoms with Gasteiger partial charge in [-0.15, -0.1) is 0 Å². The second kappa shape index (κ2) is 5.58. The first-order chi connectivity index (χ1) is 6.70. The van der Waals surface area contributed by atoms with Crippen molar-refractivity contribution in [3.05, 3.63) is 0 Å². The van der Waals surface area contributed by atoms with E-state index in [1.54, 1.807) is 27.7 Å². The van der Waals surface area contributed by atoms with Gasteiger partial charge in [-0.3, -0.25) is 4.79 Å². The normalized spacial score (nSPS) is 12.9. The molecule has 2 N–H and O–H groups in total. The van der Waals surface area contributed by atoms with Crippen LogP contribution in [0.3, 0.4) is 0 Å². The Morgan fingerprint density at radius 1 is 1.33 bits per heavy atom. The average molecular weight is 216 g/mol. The smallest absolute Gasteiger partial charge is 0.407 e. The number of hydrogen-bond acceptors (Lipinski definition) is 3. The highest BCUT2D eigenvalue weighted by molar-refractivity contribution is 5.73. The van der Waals surface area contributed by atoms with E-state index in [2.05, 4.69) is 10.6 Å². The molecular formula is C10H20N2O3. The molecular weight excluding hydrogens is 196 g/mol. The Kier molecular flexibility index (Phi) is 5.11. The predicted octanol–water partition coefficient (Wildman–Crippen LogP) is 1.04. The first-order valence-electron chi connectivity index (χ1n) is 4.94. The van der Waals surface area contributed by atoms with Gasteiger partial charge in [0.15, 0.2) is 0 Å². The van der Waals surface area contributed by atoms with Crippen molar-refractivity contribution in [3.63, 3.8) is 0 Å². The molecule has 88 valence electrons. The highest BCUT2D eigenvalue weighted by Gasteiger charge is 2.17. The van der Waals surface area contributed by atoms with Crippen molar-refractivity contribution in [1.82, 2.24) is 10.6 Å². The third-order valence-electron chi connectivity index (χ3n) is 1.42. The molecule has 0 spiro atoms. The van der Waals surface area contributed by atoms with Crippen LogP contribution in [0, 0.1) is 0 Å². The van der Waals surface area contributed by atoms with Crippen molar-refractivity contribution in [3.8, 4) is 0 Å². The molecule has 5 nitrogen and oxygen atoms in total. The minimum Gasteiger partial charge on any atom is -0.444 e. The van der Waals surface area contributed by atoms with Crippen LogP contribution in [0.5, 0.6) is 0 Å². The van der Waals surface area contributed by atoms with Crippen molar-refractivity contribution >= 4 is 12.0 Å². The molecule has 2 amide bonds. The van der Waals surface area contributed by atoms with E-state index in [0.717, 1.165) is 0 Å². The van der Waals surface area contributed by atoms with Crippen LogP contribution in [0.25, 0.3) is 0 Å². The van der Waals surface area contributed by atoms with E-state index in [-0.39, 0.29) is 11.9 Å². The Morgan fingerprint density at radius 3 is 2.27 bits per heavy atom. The lowest BCUT2D eigenvalue weighted by molar-refractivity contribution is -0.119. The molecule has 0 fully saturated rings. The Labute approximate surface area is 90.6 Å². The molecule has 0 aliphatic carbocycles. The topological polar surface area (TPSA) is 67.4 Å². The minimum absolute atomic E-state index is 0.118. The summed E-state index contributed by atoms with van der Waals surface area (Å²) >= 11 is 0. The largest absolute Gasteiger partial charge is 0.444 e. The van der Waals surface area contributed by atoms with Gasteiger partial charge in [0.1, 0.15) is 5.60 Å². The van der Waals surface area contributed by atoms with E-state index in [9.17, 15) is 9.59 Å². The summed E-state index contributed by atoms with van der Waals surface area (Å²) in [5.41, 5.74) is -0.502. The number of hydrogen-bond donors (Lipinski definition) is 2. The number of ether oxygens (including phenoxy) is 1. The minimum atomic E-state index is -0.502. The number of alkyl carbamates (subject to hydrolysis) is 1. The SMILES string of the molecule is CC(=O)NCC(C)NC(=O)OC(C)(C)C. The molecule has 0 aromatic carbocycles. The summed E-state index contributed by atoms with van der Waals surface area (Å²) in [5, 5.41) is 5.22. The summed E-state index contributed by atoms with van der Waals surface area (Å²) in [5.74, 6) is -0.118. The molecule has 5 heteroatoms. The summed E-state index contributed by atoms with van der Waals surface area (Å²) in [7, 11) is 0. The number of amides is 2. The molecule has 0 heterocycles. The molecule has 0 aliphatic rings. The maximum Gasteiger partial charge on any atom is 0.407 e. The van der Waals surface area contributed by atoms with Crippen LogP contribution in [0.1, 0.15) is 34.6 Å². The van der Waals surface area contributed by atoms with Crippen molar-refractivity contribution in [2.45, 2.75) is 46.3 Å². The summed E-state index contributed by atoms with van der Waals surface area (Å²) in [6, 6.07) is -0.149. The first kappa shape index (κ1) is 13.7. The zero-order chi connectivity index (χ0) is 12.1. The molecule has 0 bridgehead atoms. The van der Waals surface area contributed by atoms with Gasteiger partial charge in [-0.1, -0.05) is 0 Å². The number of nitrogens with one attached hydrogen (secondary N) is 2. The second-order valence-electron chi connectivity index (χ2n) is 4.48. The van der Waals surface area contributed by atoms with Gasteiger partial charge in [0.05, 0.1) is 0 Å². The van der Waals surface area contributed by atoms with Crippen LogP contribution in [0.2, 0.25) is 0 Å². The van der Waals surface area contributed by atoms with Gasteiger partial charge >= 0.3 is 6.09 Å². The van der Waals surface area contributed by atoms with Crippen LogP contribution in [-0.4, -0.2) is 30.2 Å². The Balaban J connectivity index is 3.81. The number of carbonyl (C=O) groups excluding carboxylic acids is 2. The van der Waals surface area contributed by atoms with Crippen molar-refractivity contribution in [2.24, 2.45) is 0 Å². The molecule has 1 atom stereocenters. The quantitative estimate of drug-likeness (QED) is 0.740. The van der Waals surface area contributed by atoms with Gasteiger partial charge in [0, 0.05) is 19.5 Å². The summed E-state index contributed by atoms with van der Waals surface area (Å²) < 4.78 is 5.05. The maximum atomic E-state index is 11.3. The lowest BCUT2D eigenvalue weighted by Crippen LogP contribution is -2.43. The van der Waals surface area contributed by atoms with E-state index >= 15 is 0 Å². The Morgan fingerprint density at radius 2 is 1.87 bits per heavy atom. The molecule has 15 heavy (non-hydrogen) atoms. The zero-order valence-electron chi connectivity index (χ0n) is 10.0. The van der Waals surface area contributed by atoms with E-state index in [0.29, 0.717) is 6.54 Å². The van der Waals surface area contributed by atoms with E-state index < -0.39 is 11.7 Å². The summed E-state index contributed by atoms with van der Waals surface area (Å²) in [4.78, 5) is 21.9. The monoisotopic (exact) mass is 216 g/mol. The fourth-order valence-corrected chi connectivity index (χ4v) is 0.857. The predicted molar refractivity (Wildman–Crippen MR) is 57.5 cm³/mol. The molecule has 0 aliphatic heterocycles. The number of rotatable bonds is 3. The van der Waals surface area contributed by atoms with Crippen LogP contribution >= 0.6 is 0 Å². The van der Waals surface area contributed by atoms with Crippen molar-refractivity contribution < 1.29 is 14.3 Å². The van der Waals surface area contributed by atoms with E-state index in [4.69, 9.17) is 4.74 Å².